The zero-order chi connectivity index (χ0) is 11.5. The third-order valence-electron chi connectivity index (χ3n) is 2.68. The van der Waals surface area contributed by atoms with Crippen LogP contribution in [0.1, 0.15) is 18.4 Å². The standard InChI is InChI=1S/C12H15NO2S/c1-8(6-14)13-12(15)10-7-16-11-5-3-2-4-9(10)11/h2-5,8,10,14H,6-7H2,1H3,(H,13,15)/t8-,10?/m1/s1. The summed E-state index contributed by atoms with van der Waals surface area (Å²) in [6.07, 6.45) is 0. The molecular formula is C12H15NO2S. The number of nitrogens with one attached hydrogen (secondary N) is 1. The van der Waals surface area contributed by atoms with Crippen LogP contribution in [0.4, 0.5) is 0 Å². The van der Waals surface area contributed by atoms with Gasteiger partial charge in [-0.05, 0) is 18.6 Å². The fourth-order valence-electron chi connectivity index (χ4n) is 1.77. The highest BCUT2D eigenvalue weighted by Gasteiger charge is 2.29. The van der Waals surface area contributed by atoms with Crippen molar-refractivity contribution in [2.24, 2.45) is 0 Å². The van der Waals surface area contributed by atoms with Crippen LogP contribution < -0.4 is 5.32 Å². The number of aliphatic hydroxyl groups excluding tert-OH is 1. The van der Waals surface area contributed by atoms with Crippen molar-refractivity contribution in [2.45, 2.75) is 23.8 Å². The van der Waals surface area contributed by atoms with Gasteiger partial charge in [-0.25, -0.2) is 0 Å². The zero-order valence-corrected chi connectivity index (χ0v) is 9.96. The van der Waals surface area contributed by atoms with Crippen molar-refractivity contribution in [3.63, 3.8) is 0 Å². The summed E-state index contributed by atoms with van der Waals surface area (Å²) in [6, 6.07) is 7.82. The SMILES string of the molecule is C[C@H](CO)NC(=O)C1CSc2ccccc21. The van der Waals surface area contributed by atoms with Crippen LogP contribution in [0.25, 0.3) is 0 Å². The normalized spacial score (nSPS) is 20.2. The largest absolute Gasteiger partial charge is 0.394 e. The molecule has 0 aliphatic carbocycles. The van der Waals surface area contributed by atoms with Gasteiger partial charge in [0, 0.05) is 16.7 Å². The summed E-state index contributed by atoms with van der Waals surface area (Å²) in [5, 5.41) is 11.7. The maximum Gasteiger partial charge on any atom is 0.228 e. The Balaban J connectivity index is 2.10. The first kappa shape index (κ1) is 11.5. The summed E-state index contributed by atoms with van der Waals surface area (Å²) in [4.78, 5) is 13.1. The molecule has 1 aliphatic heterocycles. The molecule has 0 saturated heterocycles. The van der Waals surface area contributed by atoms with Gasteiger partial charge in [-0.2, -0.15) is 0 Å². The number of amides is 1. The lowest BCUT2D eigenvalue weighted by Gasteiger charge is -2.15. The van der Waals surface area contributed by atoms with E-state index in [9.17, 15) is 4.79 Å². The second-order valence-corrected chi connectivity index (χ2v) is 5.06. The summed E-state index contributed by atoms with van der Waals surface area (Å²) in [7, 11) is 0. The van der Waals surface area contributed by atoms with Gasteiger partial charge in [0.05, 0.1) is 12.5 Å². The van der Waals surface area contributed by atoms with Crippen molar-refractivity contribution < 1.29 is 9.90 Å². The summed E-state index contributed by atoms with van der Waals surface area (Å²) >= 11 is 1.72. The Labute approximate surface area is 99.2 Å². The molecule has 0 fully saturated rings. The number of hydrogen-bond donors (Lipinski definition) is 2. The monoisotopic (exact) mass is 237 g/mol. The number of thioether (sulfide) groups is 1. The molecule has 2 rings (SSSR count). The van der Waals surface area contributed by atoms with Crippen LogP contribution in [-0.2, 0) is 4.79 Å². The first-order chi connectivity index (χ1) is 7.72. The minimum atomic E-state index is -0.176. The molecule has 4 heteroatoms. The van der Waals surface area contributed by atoms with E-state index in [4.69, 9.17) is 5.11 Å². The molecular weight excluding hydrogens is 222 g/mol. The van der Waals surface area contributed by atoms with Crippen molar-refractivity contribution in [3.05, 3.63) is 29.8 Å². The van der Waals surface area contributed by atoms with Crippen LogP contribution >= 0.6 is 11.8 Å². The van der Waals surface area contributed by atoms with Gasteiger partial charge in [0.1, 0.15) is 0 Å². The lowest BCUT2D eigenvalue weighted by atomic mass is 10.0. The molecule has 0 radical (unpaired) electrons. The predicted octanol–water partition coefficient (Wildman–Crippen LogP) is 1.37. The predicted molar refractivity (Wildman–Crippen MR) is 64.6 cm³/mol. The Hall–Kier alpha value is -1.00. The lowest BCUT2D eigenvalue weighted by molar-refractivity contribution is -0.122. The van der Waals surface area contributed by atoms with E-state index in [0.29, 0.717) is 0 Å². The Morgan fingerprint density at radius 3 is 3.12 bits per heavy atom. The van der Waals surface area contributed by atoms with Gasteiger partial charge in [0.25, 0.3) is 0 Å². The number of benzene rings is 1. The average Bonchev–Trinajstić information content (AvgIpc) is 2.72. The number of carbonyl (C=O) groups excluding carboxylic acids is 1. The van der Waals surface area contributed by atoms with Gasteiger partial charge in [0.2, 0.25) is 5.91 Å². The first-order valence-corrected chi connectivity index (χ1v) is 6.34. The van der Waals surface area contributed by atoms with Crippen LogP contribution in [0.2, 0.25) is 0 Å². The molecule has 0 saturated carbocycles. The van der Waals surface area contributed by atoms with Crippen LogP contribution in [0.5, 0.6) is 0 Å². The quantitative estimate of drug-likeness (QED) is 0.835. The molecule has 0 bridgehead atoms. The number of rotatable bonds is 3. The highest BCUT2D eigenvalue weighted by molar-refractivity contribution is 7.99. The van der Waals surface area contributed by atoms with Crippen molar-refractivity contribution in [2.75, 3.05) is 12.4 Å². The molecule has 16 heavy (non-hydrogen) atoms. The highest BCUT2D eigenvalue weighted by atomic mass is 32.2. The molecule has 1 aromatic carbocycles. The number of hydrogen-bond acceptors (Lipinski definition) is 3. The van der Waals surface area contributed by atoms with Gasteiger partial charge in [-0.1, -0.05) is 18.2 Å². The average molecular weight is 237 g/mol. The van der Waals surface area contributed by atoms with Crippen molar-refractivity contribution in [1.82, 2.24) is 5.32 Å². The van der Waals surface area contributed by atoms with E-state index in [-0.39, 0.29) is 24.5 Å². The van der Waals surface area contributed by atoms with Crippen LogP contribution in [-0.4, -0.2) is 29.4 Å². The van der Waals surface area contributed by atoms with E-state index in [1.807, 2.05) is 24.3 Å². The molecule has 1 amide bonds. The minimum Gasteiger partial charge on any atom is -0.394 e. The van der Waals surface area contributed by atoms with Gasteiger partial charge in [-0.15, -0.1) is 11.8 Å². The maximum atomic E-state index is 11.9. The van der Waals surface area contributed by atoms with E-state index in [1.165, 1.54) is 4.90 Å². The molecule has 1 unspecified atom stereocenters. The zero-order valence-electron chi connectivity index (χ0n) is 9.14. The fourth-order valence-corrected chi connectivity index (χ4v) is 3.00. The molecule has 1 heterocycles. The summed E-state index contributed by atoms with van der Waals surface area (Å²) in [6.45, 7) is 1.78. The van der Waals surface area contributed by atoms with Gasteiger partial charge in [-0.3, -0.25) is 4.79 Å². The fraction of sp³-hybridized carbons (Fsp3) is 0.417. The van der Waals surface area contributed by atoms with E-state index in [0.717, 1.165) is 11.3 Å². The van der Waals surface area contributed by atoms with Gasteiger partial charge < -0.3 is 10.4 Å². The molecule has 0 aromatic heterocycles. The molecule has 1 aromatic rings. The smallest absolute Gasteiger partial charge is 0.228 e. The summed E-state index contributed by atoms with van der Waals surface area (Å²) < 4.78 is 0. The van der Waals surface area contributed by atoms with Crippen LogP contribution in [0, 0.1) is 0 Å². The van der Waals surface area contributed by atoms with E-state index in [1.54, 1.807) is 18.7 Å². The third-order valence-corrected chi connectivity index (χ3v) is 3.86. The Morgan fingerprint density at radius 2 is 2.38 bits per heavy atom. The Morgan fingerprint density at radius 1 is 1.62 bits per heavy atom. The molecule has 2 atom stereocenters. The second-order valence-electron chi connectivity index (χ2n) is 3.99. The minimum absolute atomic E-state index is 0.0130. The van der Waals surface area contributed by atoms with Crippen LogP contribution in [0.15, 0.2) is 29.2 Å². The second kappa shape index (κ2) is 4.89. The van der Waals surface area contributed by atoms with Crippen molar-refractivity contribution in [1.29, 1.82) is 0 Å². The molecule has 3 nitrogen and oxygen atoms in total. The number of carbonyl (C=O) groups is 1. The highest BCUT2D eigenvalue weighted by Crippen LogP contribution is 2.39. The van der Waals surface area contributed by atoms with Gasteiger partial charge >= 0.3 is 0 Å². The van der Waals surface area contributed by atoms with Crippen molar-refractivity contribution >= 4 is 17.7 Å². The maximum absolute atomic E-state index is 11.9. The van der Waals surface area contributed by atoms with Crippen molar-refractivity contribution in [3.8, 4) is 0 Å². The molecule has 1 aliphatic rings. The van der Waals surface area contributed by atoms with Crippen LogP contribution in [0.3, 0.4) is 0 Å². The number of aliphatic hydroxyl groups is 1. The summed E-state index contributed by atoms with van der Waals surface area (Å²) in [5.74, 6) is 0.734. The first-order valence-electron chi connectivity index (χ1n) is 5.35. The van der Waals surface area contributed by atoms with Gasteiger partial charge in [0.15, 0.2) is 0 Å². The molecule has 86 valence electrons. The third kappa shape index (κ3) is 2.23. The lowest BCUT2D eigenvalue weighted by Crippen LogP contribution is -2.38. The molecule has 2 N–H and O–H groups in total. The summed E-state index contributed by atoms with van der Waals surface area (Å²) in [5.41, 5.74) is 1.11. The Bertz CT molecular complexity index is 394. The van der Waals surface area contributed by atoms with E-state index >= 15 is 0 Å². The Kier molecular flexibility index (Phi) is 3.51. The van der Waals surface area contributed by atoms with E-state index in [2.05, 4.69) is 5.32 Å². The number of fused-ring (bicyclic) bond motifs is 1. The topological polar surface area (TPSA) is 49.3 Å². The molecule has 0 spiro atoms. The van der Waals surface area contributed by atoms with E-state index < -0.39 is 0 Å².